The van der Waals surface area contributed by atoms with E-state index in [1.807, 2.05) is 21.1 Å². The number of carbonyl (C=O) groups is 1. The van der Waals surface area contributed by atoms with Crippen molar-refractivity contribution in [2.45, 2.75) is 89.3 Å². The van der Waals surface area contributed by atoms with Gasteiger partial charge < -0.3 is 14.5 Å². The van der Waals surface area contributed by atoms with E-state index in [1.54, 1.807) is 0 Å². The fraction of sp³-hybridized carbons (Fsp3) is 0.947. The van der Waals surface area contributed by atoms with Crippen LogP contribution in [0.25, 0.3) is 0 Å². The lowest BCUT2D eigenvalue weighted by molar-refractivity contribution is -0.873. The van der Waals surface area contributed by atoms with E-state index in [0.29, 0.717) is 10.9 Å². The molecule has 0 rings (SSSR count). The molecule has 0 amide bonds. The monoisotopic (exact) mass is 361 g/mol. The fourth-order valence-corrected chi connectivity index (χ4v) is 3.80. The Labute approximate surface area is 151 Å². The molecule has 0 radical (unpaired) electrons. The van der Waals surface area contributed by atoms with Crippen LogP contribution in [0.4, 0.5) is 0 Å². The number of aliphatic hydroxyl groups is 1. The third-order valence-corrected chi connectivity index (χ3v) is 5.12. The first-order valence-corrected chi connectivity index (χ1v) is 10.6. The van der Waals surface area contributed by atoms with Crippen molar-refractivity contribution < 1.29 is 19.3 Å². The van der Waals surface area contributed by atoms with E-state index in [4.69, 9.17) is 0 Å². The molecule has 0 saturated heterocycles. The maximum atomic E-state index is 12.2. The topological polar surface area (TPSA) is 60.4 Å². The first-order chi connectivity index (χ1) is 11.2. The Morgan fingerprint density at radius 2 is 1.33 bits per heavy atom. The van der Waals surface area contributed by atoms with Gasteiger partial charge in [-0.2, -0.15) is 8.81 Å². The molecule has 0 heterocycles. The summed E-state index contributed by atoms with van der Waals surface area (Å²) in [7, 11) is 4.68. The normalized spacial score (nSPS) is 15.1. The predicted octanol–water partition coefficient (Wildman–Crippen LogP) is 3.61. The van der Waals surface area contributed by atoms with Crippen LogP contribution in [0.2, 0.25) is 0 Å². The van der Waals surface area contributed by atoms with Crippen LogP contribution in [-0.4, -0.2) is 48.4 Å². The molecule has 0 aromatic carbocycles. The number of quaternary nitrogens is 1. The molecule has 0 aromatic rings. The van der Waals surface area contributed by atoms with E-state index in [9.17, 15) is 14.8 Å². The average Bonchev–Trinajstić information content (AvgIpc) is 2.50. The minimum Gasteiger partial charge on any atom is -0.829 e. The summed E-state index contributed by atoms with van der Waals surface area (Å²) in [6, 6.07) is 0. The van der Waals surface area contributed by atoms with Crippen LogP contribution in [0.5, 0.6) is 0 Å². The second-order valence-electron chi connectivity index (χ2n) is 8.12. The number of hydrogen-bond acceptors (Lipinski definition) is 3. The van der Waals surface area contributed by atoms with E-state index < -0.39 is 14.1 Å². The van der Waals surface area contributed by atoms with Gasteiger partial charge in [0.1, 0.15) is 6.54 Å². The molecule has 2 unspecified atom stereocenters. The minimum atomic E-state index is -1.67. The molecule has 5 heteroatoms. The molecular formula is C19H40NO3P. The summed E-state index contributed by atoms with van der Waals surface area (Å²) >= 11 is 0. The van der Waals surface area contributed by atoms with Crippen molar-refractivity contribution in [2.24, 2.45) is 0 Å². The molecule has 0 spiro atoms. The number of rotatable bonds is 16. The lowest BCUT2D eigenvalue weighted by Gasteiger charge is -2.36. The molecule has 0 aliphatic rings. The van der Waals surface area contributed by atoms with Crippen LogP contribution in [0.3, 0.4) is 0 Å². The van der Waals surface area contributed by atoms with Crippen LogP contribution >= 0.6 is 8.81 Å². The van der Waals surface area contributed by atoms with Gasteiger partial charge >= 0.3 is 0 Å². The first-order valence-electron chi connectivity index (χ1n) is 9.70. The Balaban J connectivity index is 3.71. The lowest BCUT2D eigenvalue weighted by Crippen LogP contribution is -2.52. The van der Waals surface area contributed by atoms with Crippen molar-refractivity contribution in [3.8, 4) is 0 Å². The predicted molar refractivity (Wildman–Crippen MR) is 102 cm³/mol. The Morgan fingerprint density at radius 1 is 0.917 bits per heavy atom. The van der Waals surface area contributed by atoms with Crippen LogP contribution < -0.4 is 4.89 Å². The van der Waals surface area contributed by atoms with Crippen molar-refractivity contribution in [1.29, 1.82) is 0 Å². The van der Waals surface area contributed by atoms with Gasteiger partial charge in [0.15, 0.2) is 11.1 Å². The van der Waals surface area contributed by atoms with Gasteiger partial charge in [-0.15, -0.1) is 0 Å². The number of unbranched alkanes of at least 4 members (excludes halogenated alkanes) is 10. The van der Waals surface area contributed by atoms with Gasteiger partial charge in [-0.1, -0.05) is 71.1 Å². The standard InChI is InChI=1S/C19H40NO3P/c1-5-6-7-8-9-10-11-12-13-14-15-16-18(21)19(22,24-23)17-20(2,3)4/h22,24H,5-17H2,1-4H3. The Kier molecular flexibility index (Phi) is 13.2. The van der Waals surface area contributed by atoms with Gasteiger partial charge in [-0.25, -0.2) is 0 Å². The molecule has 0 aliphatic heterocycles. The van der Waals surface area contributed by atoms with Gasteiger partial charge in [0.05, 0.1) is 21.1 Å². The third kappa shape index (κ3) is 12.4. The van der Waals surface area contributed by atoms with Gasteiger partial charge in [-0.05, 0) is 6.42 Å². The number of carbonyl (C=O) groups excluding carboxylic acids is 1. The Bertz CT molecular complexity index is 331. The molecule has 24 heavy (non-hydrogen) atoms. The zero-order valence-corrected chi connectivity index (χ0v) is 17.4. The number of nitrogens with zero attached hydrogens (tertiary/aromatic N) is 1. The van der Waals surface area contributed by atoms with Crippen molar-refractivity contribution in [3.63, 3.8) is 0 Å². The highest BCUT2D eigenvalue weighted by molar-refractivity contribution is 7.33. The van der Waals surface area contributed by atoms with Gasteiger partial charge in [-0.3, -0.25) is 4.79 Å². The molecule has 0 aliphatic carbocycles. The van der Waals surface area contributed by atoms with Crippen molar-refractivity contribution in [2.75, 3.05) is 27.7 Å². The molecule has 4 nitrogen and oxygen atoms in total. The van der Waals surface area contributed by atoms with E-state index in [-0.39, 0.29) is 12.3 Å². The molecule has 1 N–H and O–H groups in total. The summed E-state index contributed by atoms with van der Waals surface area (Å²) < 4.78 is 0.426. The number of Topliss-reactive ketones (excluding diaryl/α,β-unsaturated/α-hetero) is 1. The van der Waals surface area contributed by atoms with Crippen molar-refractivity contribution >= 4 is 14.6 Å². The summed E-state index contributed by atoms with van der Waals surface area (Å²) in [5.74, 6) is -0.264. The highest BCUT2D eigenvalue weighted by Crippen LogP contribution is 2.28. The van der Waals surface area contributed by atoms with Crippen LogP contribution in [0.15, 0.2) is 0 Å². The first kappa shape index (κ1) is 24.0. The molecule has 0 saturated carbocycles. The molecule has 0 fully saturated rings. The van der Waals surface area contributed by atoms with Crippen LogP contribution in [0, 0.1) is 0 Å². The highest BCUT2D eigenvalue weighted by atomic mass is 31.1. The quantitative estimate of drug-likeness (QED) is 0.260. The molecular weight excluding hydrogens is 321 g/mol. The zero-order valence-electron chi connectivity index (χ0n) is 16.4. The second-order valence-corrected chi connectivity index (χ2v) is 9.15. The Hall–Kier alpha value is -0.0200. The van der Waals surface area contributed by atoms with Gasteiger partial charge in [0.25, 0.3) is 0 Å². The fourth-order valence-electron chi connectivity index (χ4n) is 3.02. The minimum absolute atomic E-state index is 0.200. The zero-order chi connectivity index (χ0) is 18.5. The van der Waals surface area contributed by atoms with Gasteiger partial charge in [0, 0.05) is 6.42 Å². The highest BCUT2D eigenvalue weighted by Gasteiger charge is 2.36. The van der Waals surface area contributed by atoms with Crippen LogP contribution in [0.1, 0.15) is 84.0 Å². The third-order valence-electron chi connectivity index (χ3n) is 4.34. The van der Waals surface area contributed by atoms with Crippen molar-refractivity contribution in [3.05, 3.63) is 0 Å². The SMILES string of the molecule is CCCCCCCCCCCCCC(=O)C(O)(C[N+](C)(C)C)P[O-]. The maximum Gasteiger partial charge on any atom is 0.172 e. The van der Waals surface area contributed by atoms with E-state index in [2.05, 4.69) is 6.92 Å². The lowest BCUT2D eigenvalue weighted by atomic mass is 10.0. The van der Waals surface area contributed by atoms with E-state index in [1.165, 1.54) is 51.4 Å². The Morgan fingerprint density at radius 3 is 1.71 bits per heavy atom. The summed E-state index contributed by atoms with van der Waals surface area (Å²) in [5.41, 5.74) is 0. The summed E-state index contributed by atoms with van der Waals surface area (Å²) in [6.45, 7) is 2.44. The summed E-state index contributed by atoms with van der Waals surface area (Å²) in [4.78, 5) is 23.5. The summed E-state index contributed by atoms with van der Waals surface area (Å²) in [5, 5.41) is 8.65. The van der Waals surface area contributed by atoms with Crippen LogP contribution in [-0.2, 0) is 4.79 Å². The molecule has 0 bridgehead atoms. The van der Waals surface area contributed by atoms with E-state index in [0.717, 1.165) is 19.3 Å². The molecule has 0 aromatic heterocycles. The smallest absolute Gasteiger partial charge is 0.172 e. The molecule has 2 atom stereocenters. The molecule has 144 valence electrons. The number of ketones is 1. The average molecular weight is 362 g/mol. The van der Waals surface area contributed by atoms with E-state index >= 15 is 0 Å². The maximum absolute atomic E-state index is 12.2. The number of hydrogen-bond donors (Lipinski definition) is 1. The summed E-state index contributed by atoms with van der Waals surface area (Å²) in [6.07, 6.45) is 13.9. The van der Waals surface area contributed by atoms with Crippen molar-refractivity contribution in [1.82, 2.24) is 0 Å². The largest absolute Gasteiger partial charge is 0.829 e. The van der Waals surface area contributed by atoms with Gasteiger partial charge in [0.2, 0.25) is 0 Å². The number of likely N-dealkylation sites (N-methyl/N-ethyl adjacent to an activating group) is 1. The second kappa shape index (κ2) is 13.2.